The van der Waals surface area contributed by atoms with E-state index in [1.54, 1.807) is 0 Å². The van der Waals surface area contributed by atoms with Gasteiger partial charge in [0.2, 0.25) is 0 Å². The van der Waals surface area contributed by atoms with Crippen molar-refractivity contribution < 1.29 is 0 Å². The molecule has 3 aromatic rings. The summed E-state index contributed by atoms with van der Waals surface area (Å²) < 4.78 is 0. The Balaban J connectivity index is 0.00000208. The predicted molar refractivity (Wildman–Crippen MR) is 119 cm³/mol. The summed E-state index contributed by atoms with van der Waals surface area (Å²) in [5.41, 5.74) is 5.89. The van der Waals surface area contributed by atoms with Gasteiger partial charge in [-0.15, -0.1) is 24.0 Å². The number of hydrogen-bond donors (Lipinski definition) is 1. The highest BCUT2D eigenvalue weighted by Gasteiger charge is 2.32. The first-order valence-corrected chi connectivity index (χ1v) is 10.1. The Labute approximate surface area is 162 Å². The molecule has 0 aromatic heterocycles. The zero-order chi connectivity index (χ0) is 16.0. The Morgan fingerprint density at radius 1 is 0.583 bits per heavy atom. The van der Waals surface area contributed by atoms with Crippen molar-refractivity contribution in [1.82, 2.24) is 0 Å². The molecule has 0 aliphatic heterocycles. The first kappa shape index (κ1) is 19.1. The summed E-state index contributed by atoms with van der Waals surface area (Å²) in [5.74, 6) is 0. The van der Waals surface area contributed by atoms with E-state index in [0.29, 0.717) is 0 Å². The standard InChI is InChI=1S/C21H23NP.HI/c22-17-10-18-23(19-11-4-1-5-12-19,20-13-6-2-7-14-20)21-15-8-3-9-16-21;/h1-9,11-16H,10,17-18,22H2;1H. The SMILES string of the molecule is I.NCCC[P](c1ccccc1)(c1ccccc1)c1ccccc1. The summed E-state index contributed by atoms with van der Waals surface area (Å²) in [6, 6.07) is 32.9. The fourth-order valence-electron chi connectivity index (χ4n) is 3.21. The van der Waals surface area contributed by atoms with Crippen LogP contribution in [0.3, 0.4) is 0 Å². The summed E-state index contributed by atoms with van der Waals surface area (Å²) in [6.45, 7) is 0.730. The highest BCUT2D eigenvalue weighted by atomic mass is 127. The minimum absolute atomic E-state index is 0. The molecule has 0 saturated heterocycles. The Morgan fingerprint density at radius 2 is 0.917 bits per heavy atom. The third-order valence-corrected chi connectivity index (χ3v) is 8.81. The molecule has 1 nitrogen and oxygen atoms in total. The average molecular weight is 448 g/mol. The normalized spacial score (nSPS) is 10.9. The molecular formula is C21H24INP. The molecule has 1 radical (unpaired) electrons. The van der Waals surface area contributed by atoms with Crippen LogP contribution in [0, 0.1) is 0 Å². The monoisotopic (exact) mass is 448 g/mol. The van der Waals surface area contributed by atoms with Gasteiger partial charge in [-0.25, -0.2) is 0 Å². The lowest BCUT2D eigenvalue weighted by atomic mass is 10.4. The topological polar surface area (TPSA) is 26.0 Å². The maximum atomic E-state index is 5.89. The van der Waals surface area contributed by atoms with Crippen LogP contribution in [0.2, 0.25) is 0 Å². The third kappa shape index (κ3) is 3.88. The molecule has 0 heterocycles. The van der Waals surface area contributed by atoms with Gasteiger partial charge in [0.25, 0.3) is 0 Å². The molecule has 0 spiro atoms. The molecule has 0 aliphatic carbocycles. The van der Waals surface area contributed by atoms with Gasteiger partial charge >= 0.3 is 0 Å². The van der Waals surface area contributed by atoms with Crippen LogP contribution >= 0.6 is 31.2 Å². The van der Waals surface area contributed by atoms with Crippen molar-refractivity contribution in [2.75, 3.05) is 12.7 Å². The molecule has 0 atom stereocenters. The zero-order valence-electron chi connectivity index (χ0n) is 13.7. The number of rotatable bonds is 6. The summed E-state index contributed by atoms with van der Waals surface area (Å²) in [6.07, 6.45) is 2.15. The van der Waals surface area contributed by atoms with Crippen LogP contribution in [-0.4, -0.2) is 12.7 Å². The molecule has 0 unspecified atom stereocenters. The van der Waals surface area contributed by atoms with Gasteiger partial charge in [0, 0.05) is 0 Å². The van der Waals surface area contributed by atoms with Crippen molar-refractivity contribution in [3.63, 3.8) is 0 Å². The summed E-state index contributed by atoms with van der Waals surface area (Å²) in [7, 11) is -1.65. The minimum Gasteiger partial charge on any atom is -0.330 e. The van der Waals surface area contributed by atoms with Crippen LogP contribution in [0.15, 0.2) is 91.0 Å². The molecule has 0 fully saturated rings. The van der Waals surface area contributed by atoms with Gasteiger partial charge in [0.15, 0.2) is 0 Å². The second kappa shape index (κ2) is 9.31. The smallest absolute Gasteiger partial charge is 0.00737 e. The molecule has 0 aliphatic rings. The molecule has 3 rings (SSSR count). The van der Waals surface area contributed by atoms with E-state index < -0.39 is 7.26 Å². The largest absolute Gasteiger partial charge is 0.330 e. The Kier molecular flexibility index (Phi) is 7.41. The predicted octanol–water partition coefficient (Wildman–Crippen LogP) is 3.95. The van der Waals surface area contributed by atoms with Gasteiger partial charge in [0.1, 0.15) is 0 Å². The fourth-order valence-corrected chi connectivity index (χ4v) is 7.58. The van der Waals surface area contributed by atoms with Crippen LogP contribution in [0.4, 0.5) is 0 Å². The van der Waals surface area contributed by atoms with Crippen molar-refractivity contribution in [3.05, 3.63) is 91.0 Å². The van der Waals surface area contributed by atoms with E-state index in [1.165, 1.54) is 15.9 Å². The summed E-state index contributed by atoms with van der Waals surface area (Å²) in [5, 5.41) is 4.31. The number of benzene rings is 3. The number of halogens is 1. The first-order chi connectivity index (χ1) is 11.4. The van der Waals surface area contributed by atoms with E-state index in [-0.39, 0.29) is 24.0 Å². The van der Waals surface area contributed by atoms with Crippen molar-refractivity contribution in [2.24, 2.45) is 5.73 Å². The molecular weight excluding hydrogens is 424 g/mol. The summed E-state index contributed by atoms with van der Waals surface area (Å²) >= 11 is 0. The maximum absolute atomic E-state index is 5.89. The van der Waals surface area contributed by atoms with E-state index in [1.807, 2.05) is 0 Å². The van der Waals surface area contributed by atoms with Gasteiger partial charge in [0.05, 0.1) is 0 Å². The second-order valence-corrected chi connectivity index (χ2v) is 9.30. The average Bonchev–Trinajstić information content (AvgIpc) is 2.65. The van der Waals surface area contributed by atoms with Gasteiger partial charge in [-0.2, -0.15) is 0 Å². The lowest BCUT2D eigenvalue weighted by Gasteiger charge is -2.38. The van der Waals surface area contributed by atoms with E-state index in [9.17, 15) is 0 Å². The molecule has 125 valence electrons. The molecule has 2 N–H and O–H groups in total. The number of hydrogen-bond acceptors (Lipinski definition) is 1. The maximum Gasteiger partial charge on any atom is -0.00737 e. The first-order valence-electron chi connectivity index (χ1n) is 8.13. The highest BCUT2D eigenvalue weighted by Crippen LogP contribution is 2.55. The highest BCUT2D eigenvalue weighted by molar-refractivity contribution is 14.0. The molecule has 24 heavy (non-hydrogen) atoms. The van der Waals surface area contributed by atoms with Crippen LogP contribution in [0.25, 0.3) is 0 Å². The molecule has 0 bridgehead atoms. The van der Waals surface area contributed by atoms with Gasteiger partial charge in [-0.1, -0.05) is 91.0 Å². The van der Waals surface area contributed by atoms with Gasteiger partial charge in [-0.3, -0.25) is 0 Å². The molecule has 0 amide bonds. The Hall–Kier alpha value is -1.22. The van der Waals surface area contributed by atoms with Crippen LogP contribution in [0.5, 0.6) is 0 Å². The van der Waals surface area contributed by atoms with Crippen molar-refractivity contribution >= 4 is 47.2 Å². The van der Waals surface area contributed by atoms with Crippen LogP contribution in [-0.2, 0) is 0 Å². The van der Waals surface area contributed by atoms with Crippen LogP contribution in [0.1, 0.15) is 6.42 Å². The fraction of sp³-hybridized carbons (Fsp3) is 0.143. The number of nitrogens with two attached hydrogens (primary N) is 1. The van der Waals surface area contributed by atoms with Crippen molar-refractivity contribution in [3.8, 4) is 0 Å². The quantitative estimate of drug-likeness (QED) is 0.449. The van der Waals surface area contributed by atoms with Crippen LogP contribution < -0.4 is 21.6 Å². The lowest BCUT2D eigenvalue weighted by molar-refractivity contribution is 0.938. The van der Waals surface area contributed by atoms with Crippen molar-refractivity contribution in [2.45, 2.75) is 6.42 Å². The van der Waals surface area contributed by atoms with Gasteiger partial charge in [-0.05, 0) is 42.3 Å². The lowest BCUT2D eigenvalue weighted by Crippen LogP contribution is -2.33. The molecule has 3 aromatic carbocycles. The molecule has 3 heteroatoms. The summed E-state index contributed by atoms with van der Waals surface area (Å²) in [4.78, 5) is 0. The second-order valence-electron chi connectivity index (χ2n) is 5.68. The third-order valence-electron chi connectivity index (χ3n) is 4.29. The van der Waals surface area contributed by atoms with E-state index in [0.717, 1.165) is 19.1 Å². The zero-order valence-corrected chi connectivity index (χ0v) is 16.9. The minimum atomic E-state index is -1.65. The Morgan fingerprint density at radius 3 is 1.21 bits per heavy atom. The molecule has 0 saturated carbocycles. The van der Waals surface area contributed by atoms with E-state index >= 15 is 0 Å². The van der Waals surface area contributed by atoms with E-state index in [4.69, 9.17) is 5.73 Å². The van der Waals surface area contributed by atoms with Gasteiger partial charge < -0.3 is 5.73 Å². The Bertz CT molecular complexity index is 620. The van der Waals surface area contributed by atoms with E-state index in [2.05, 4.69) is 91.0 Å². The van der Waals surface area contributed by atoms with Crippen molar-refractivity contribution in [1.29, 1.82) is 0 Å².